The van der Waals surface area contributed by atoms with Gasteiger partial charge in [-0.2, -0.15) is 0 Å². The number of aliphatic hydroxyl groups excluding tert-OH is 1. The number of allylic oxidation sites excluding steroid dienone is 9. The second-order valence-corrected chi connectivity index (χ2v) is 4.77. The van der Waals surface area contributed by atoms with Crippen LogP contribution in [-0.2, 0) is 9.53 Å². The van der Waals surface area contributed by atoms with Gasteiger partial charge in [0.15, 0.2) is 0 Å². The highest BCUT2D eigenvalue weighted by atomic mass is 16.5. The summed E-state index contributed by atoms with van der Waals surface area (Å²) in [6.07, 6.45) is 16.8. The predicted octanol–water partition coefficient (Wildman–Crippen LogP) is 10.4. The van der Waals surface area contributed by atoms with Crippen LogP contribution in [0.5, 0.6) is 0 Å². The van der Waals surface area contributed by atoms with Gasteiger partial charge in [-0.3, -0.25) is 0 Å². The number of carbonyl (C=O) groups is 1. The van der Waals surface area contributed by atoms with Gasteiger partial charge in [0.25, 0.3) is 0 Å². The van der Waals surface area contributed by atoms with Crippen LogP contribution in [0.15, 0.2) is 127 Å². The predicted molar refractivity (Wildman–Crippen MR) is 171 cm³/mol. The molecule has 0 radical (unpaired) electrons. The lowest BCUT2D eigenvalue weighted by Crippen LogP contribution is -2.04. The molecule has 0 saturated heterocycles. The number of hydrogen-bond acceptors (Lipinski definition) is 3. The SMILES string of the molecule is C=CC.C=CC.C=CC.C=CC.C=CC.C=CC.C=CC.C=CC.C=CC.C=CC(=O)OCCO. The third kappa shape index (κ3) is 3200. The van der Waals surface area contributed by atoms with Crippen molar-refractivity contribution in [3.63, 3.8) is 0 Å². The van der Waals surface area contributed by atoms with Crippen LogP contribution in [0.25, 0.3) is 0 Å². The molecule has 0 aliphatic rings. The van der Waals surface area contributed by atoms with Gasteiger partial charge in [-0.1, -0.05) is 61.3 Å². The van der Waals surface area contributed by atoms with Crippen molar-refractivity contribution in [2.45, 2.75) is 62.3 Å². The highest BCUT2D eigenvalue weighted by Crippen LogP contribution is 1.75. The summed E-state index contributed by atoms with van der Waals surface area (Å²) in [5, 5.41) is 8.10. The zero-order valence-electron chi connectivity index (χ0n) is 25.0. The standard InChI is InChI=1S/C5H8O3.9C3H6/c1-2-5(7)8-4-3-6;9*1-3-2/h2,6H,1,3-4H2;9*3H,1H2,2H3. The maximum absolute atomic E-state index is 10.1. The molecule has 0 spiro atoms. The third-order valence-corrected chi connectivity index (χ3v) is 0.502. The van der Waals surface area contributed by atoms with Gasteiger partial charge in [-0.15, -0.1) is 59.2 Å². The molecule has 0 saturated carbocycles. The summed E-state index contributed by atoms with van der Waals surface area (Å²) in [5.41, 5.74) is 0. The lowest BCUT2D eigenvalue weighted by molar-refractivity contribution is -0.138. The van der Waals surface area contributed by atoms with E-state index >= 15 is 0 Å². The average Bonchev–Trinajstić information content (AvgIpc) is 2.77. The summed E-state index contributed by atoms with van der Waals surface area (Å²) in [7, 11) is 0. The normalized spacial score (nSPS) is 5.20. The van der Waals surface area contributed by atoms with Crippen molar-refractivity contribution < 1.29 is 14.6 Å². The van der Waals surface area contributed by atoms with Crippen molar-refractivity contribution in [2.75, 3.05) is 13.2 Å². The molecule has 0 amide bonds. The number of aliphatic hydroxyl groups is 1. The van der Waals surface area contributed by atoms with Crippen LogP contribution in [0.1, 0.15) is 62.3 Å². The second kappa shape index (κ2) is 167. The number of hydrogen-bond donors (Lipinski definition) is 1. The molecule has 0 aliphatic carbocycles. The molecular weight excluding hydrogens is 432 g/mol. The van der Waals surface area contributed by atoms with Crippen molar-refractivity contribution in [2.24, 2.45) is 0 Å². The quantitative estimate of drug-likeness (QED) is 0.241. The van der Waals surface area contributed by atoms with Gasteiger partial charge in [0.2, 0.25) is 0 Å². The molecular formula is C32H62O3. The number of rotatable bonds is 3. The monoisotopic (exact) mass is 494 g/mol. The topological polar surface area (TPSA) is 46.5 Å². The van der Waals surface area contributed by atoms with E-state index in [0.29, 0.717) is 0 Å². The van der Waals surface area contributed by atoms with Crippen LogP contribution < -0.4 is 0 Å². The fourth-order valence-corrected chi connectivity index (χ4v) is 0.205. The molecule has 35 heavy (non-hydrogen) atoms. The summed E-state index contributed by atoms with van der Waals surface area (Å²) < 4.78 is 4.33. The lowest BCUT2D eigenvalue weighted by Gasteiger charge is -1.94. The molecule has 0 fully saturated rings. The van der Waals surface area contributed by atoms with Crippen LogP contribution in [-0.4, -0.2) is 24.3 Å². The molecule has 0 aromatic rings. The fraction of sp³-hybridized carbons (Fsp3) is 0.344. The molecule has 1 N–H and O–H groups in total. The van der Waals surface area contributed by atoms with Gasteiger partial charge >= 0.3 is 5.97 Å². The van der Waals surface area contributed by atoms with E-state index in [1.807, 2.05) is 62.3 Å². The molecule has 3 heteroatoms. The van der Waals surface area contributed by atoms with Crippen LogP contribution in [0.3, 0.4) is 0 Å². The molecule has 0 aromatic carbocycles. The molecule has 0 rings (SSSR count). The van der Waals surface area contributed by atoms with E-state index in [1.54, 1.807) is 54.7 Å². The Morgan fingerprint density at radius 3 is 0.743 bits per heavy atom. The summed E-state index contributed by atoms with van der Waals surface area (Å²) in [6, 6.07) is 0. The average molecular weight is 495 g/mol. The number of carbonyl (C=O) groups excluding carboxylic acids is 1. The molecule has 0 aliphatic heterocycles. The maximum atomic E-state index is 10.1. The Morgan fingerprint density at radius 2 is 0.657 bits per heavy atom. The summed E-state index contributed by atoms with van der Waals surface area (Å²) >= 11 is 0. The third-order valence-electron chi connectivity index (χ3n) is 0.502. The van der Waals surface area contributed by atoms with Crippen molar-refractivity contribution in [3.8, 4) is 0 Å². The van der Waals surface area contributed by atoms with E-state index in [1.165, 1.54) is 0 Å². The van der Waals surface area contributed by atoms with Gasteiger partial charge in [0.1, 0.15) is 6.61 Å². The Balaban J connectivity index is -0.0000000257. The van der Waals surface area contributed by atoms with Crippen LogP contribution in [0.4, 0.5) is 0 Å². The zero-order chi connectivity index (χ0) is 30.8. The van der Waals surface area contributed by atoms with Gasteiger partial charge in [0, 0.05) is 6.08 Å². The van der Waals surface area contributed by atoms with Crippen LogP contribution >= 0.6 is 0 Å². The van der Waals surface area contributed by atoms with Gasteiger partial charge in [0.05, 0.1) is 6.61 Å². The summed E-state index contributed by atoms with van der Waals surface area (Å²) in [5.74, 6) is -0.501. The Labute approximate surface area is 222 Å². The van der Waals surface area contributed by atoms with E-state index in [4.69, 9.17) is 5.11 Å². The maximum Gasteiger partial charge on any atom is 0.330 e. The molecule has 0 heterocycles. The van der Waals surface area contributed by atoms with Crippen LogP contribution in [0, 0.1) is 0 Å². The minimum Gasteiger partial charge on any atom is -0.460 e. The minimum absolute atomic E-state index is 0.0465. The van der Waals surface area contributed by atoms with E-state index in [9.17, 15) is 4.79 Å². The Kier molecular flexibility index (Phi) is 302. The summed E-state index contributed by atoms with van der Waals surface area (Å²) in [6.45, 7) is 50.3. The number of esters is 1. The Morgan fingerprint density at radius 1 is 0.514 bits per heavy atom. The highest BCUT2D eigenvalue weighted by Gasteiger charge is 1.90. The van der Waals surface area contributed by atoms with Crippen LogP contribution in [0.2, 0.25) is 0 Å². The van der Waals surface area contributed by atoms with Gasteiger partial charge in [-0.25, -0.2) is 4.79 Å². The van der Waals surface area contributed by atoms with Crippen molar-refractivity contribution >= 4 is 5.97 Å². The van der Waals surface area contributed by atoms with E-state index in [0.717, 1.165) is 6.08 Å². The lowest BCUT2D eigenvalue weighted by atomic mass is 10.6. The highest BCUT2D eigenvalue weighted by molar-refractivity contribution is 5.81. The molecule has 0 unspecified atom stereocenters. The number of ether oxygens (including phenoxy) is 1. The van der Waals surface area contributed by atoms with Crippen molar-refractivity contribution in [1.29, 1.82) is 0 Å². The molecule has 208 valence electrons. The molecule has 3 nitrogen and oxygen atoms in total. The molecule has 0 atom stereocenters. The van der Waals surface area contributed by atoms with Gasteiger partial charge in [-0.05, 0) is 62.3 Å². The van der Waals surface area contributed by atoms with E-state index < -0.39 is 5.97 Å². The van der Waals surface area contributed by atoms with E-state index in [2.05, 4.69) is 70.5 Å². The van der Waals surface area contributed by atoms with E-state index in [-0.39, 0.29) is 13.2 Å². The van der Waals surface area contributed by atoms with Crippen molar-refractivity contribution in [3.05, 3.63) is 127 Å². The minimum atomic E-state index is -0.501. The first-order valence-corrected chi connectivity index (χ1v) is 11.1. The Bertz CT molecular complexity index is 317. The van der Waals surface area contributed by atoms with Crippen molar-refractivity contribution in [1.82, 2.24) is 0 Å². The van der Waals surface area contributed by atoms with Gasteiger partial charge < -0.3 is 9.84 Å². The zero-order valence-corrected chi connectivity index (χ0v) is 25.0. The molecule has 0 aromatic heterocycles. The molecule has 0 bridgehead atoms. The Hall–Kier alpha value is -3.17. The fourth-order valence-electron chi connectivity index (χ4n) is 0.205. The largest absolute Gasteiger partial charge is 0.460 e. The smallest absolute Gasteiger partial charge is 0.330 e. The first-order chi connectivity index (χ1) is 16.5. The second-order valence-electron chi connectivity index (χ2n) is 4.77. The first kappa shape index (κ1) is 63.5. The first-order valence-electron chi connectivity index (χ1n) is 11.1. The summed E-state index contributed by atoms with van der Waals surface area (Å²) in [4.78, 5) is 10.1.